The lowest BCUT2D eigenvalue weighted by Gasteiger charge is -2.28. The highest BCUT2D eigenvalue weighted by Gasteiger charge is 2.35. The lowest BCUT2D eigenvalue weighted by molar-refractivity contribution is -0.137. The maximum absolute atomic E-state index is 12.7. The Bertz CT molecular complexity index is 782. The van der Waals surface area contributed by atoms with Gasteiger partial charge in [0.2, 0.25) is 3.79 Å². The molecule has 0 saturated heterocycles. The Morgan fingerprint density at radius 1 is 1.15 bits per heavy atom. The van der Waals surface area contributed by atoms with Gasteiger partial charge < -0.3 is 10.6 Å². The summed E-state index contributed by atoms with van der Waals surface area (Å²) in [5, 5.41) is 4.79. The van der Waals surface area contributed by atoms with Gasteiger partial charge in [0.25, 0.3) is 5.91 Å². The first-order valence-corrected chi connectivity index (χ1v) is 8.40. The summed E-state index contributed by atoms with van der Waals surface area (Å²) in [6, 6.07) is 5.64. The van der Waals surface area contributed by atoms with Crippen molar-refractivity contribution in [2.75, 3.05) is 5.32 Å². The lowest BCUT2D eigenvalue weighted by Crippen LogP contribution is -2.49. The SMILES string of the molecule is O=C(N[C@H](Nc1ccc(C(F)(F)F)cc1Cl)C(Cl)(Cl)Cl)c1cccnc1. The van der Waals surface area contributed by atoms with Gasteiger partial charge in [-0.05, 0) is 30.3 Å². The highest BCUT2D eigenvalue weighted by Crippen LogP contribution is 2.36. The van der Waals surface area contributed by atoms with Gasteiger partial charge in [-0.2, -0.15) is 13.2 Å². The third kappa shape index (κ3) is 5.54. The number of amides is 1. The summed E-state index contributed by atoms with van der Waals surface area (Å²) < 4.78 is 36.1. The Hall–Kier alpha value is -1.41. The second-order valence-electron chi connectivity index (χ2n) is 5.03. The quantitative estimate of drug-likeness (QED) is 0.495. The third-order valence-electron chi connectivity index (χ3n) is 3.12. The van der Waals surface area contributed by atoms with E-state index in [0.717, 1.165) is 18.2 Å². The van der Waals surface area contributed by atoms with Gasteiger partial charge in [0.05, 0.1) is 21.8 Å². The summed E-state index contributed by atoms with van der Waals surface area (Å²) >= 11 is 23.4. The predicted octanol–water partition coefficient (Wildman–Crippen LogP) is 5.29. The van der Waals surface area contributed by atoms with Crippen molar-refractivity contribution in [3.8, 4) is 0 Å². The van der Waals surface area contributed by atoms with Crippen LogP contribution in [0, 0.1) is 0 Å². The van der Waals surface area contributed by atoms with E-state index in [-0.39, 0.29) is 16.3 Å². The Balaban J connectivity index is 2.23. The summed E-state index contributed by atoms with van der Waals surface area (Å²) in [5.74, 6) is -0.607. The highest BCUT2D eigenvalue weighted by molar-refractivity contribution is 6.68. The van der Waals surface area contributed by atoms with Gasteiger partial charge in [0, 0.05) is 12.4 Å². The first-order valence-electron chi connectivity index (χ1n) is 6.89. The number of aromatic nitrogens is 1. The van der Waals surface area contributed by atoms with E-state index in [9.17, 15) is 18.0 Å². The molecule has 0 fully saturated rings. The fourth-order valence-corrected chi connectivity index (χ4v) is 2.44. The van der Waals surface area contributed by atoms with Crippen LogP contribution in [0.3, 0.4) is 0 Å². The highest BCUT2D eigenvalue weighted by atomic mass is 35.6. The van der Waals surface area contributed by atoms with Gasteiger partial charge in [-0.1, -0.05) is 46.4 Å². The Morgan fingerprint density at radius 3 is 2.35 bits per heavy atom. The zero-order valence-electron chi connectivity index (χ0n) is 12.6. The van der Waals surface area contributed by atoms with Crippen LogP contribution >= 0.6 is 46.4 Å². The third-order valence-corrected chi connectivity index (χ3v) is 4.09. The van der Waals surface area contributed by atoms with Gasteiger partial charge in [-0.25, -0.2) is 0 Å². The second-order valence-corrected chi connectivity index (χ2v) is 7.80. The number of nitrogens with one attached hydrogen (secondary N) is 2. The number of nitrogens with zero attached hydrogens (tertiary/aromatic N) is 1. The molecule has 1 heterocycles. The summed E-state index contributed by atoms with van der Waals surface area (Å²) in [6.07, 6.45) is -3.06. The van der Waals surface area contributed by atoms with Crippen LogP contribution in [0.2, 0.25) is 5.02 Å². The normalized spacial score (nSPS) is 13.2. The van der Waals surface area contributed by atoms with E-state index in [2.05, 4.69) is 15.6 Å². The van der Waals surface area contributed by atoms with E-state index in [4.69, 9.17) is 46.4 Å². The largest absolute Gasteiger partial charge is 0.416 e. The van der Waals surface area contributed by atoms with Crippen molar-refractivity contribution < 1.29 is 18.0 Å². The van der Waals surface area contributed by atoms with Crippen molar-refractivity contribution >= 4 is 58.0 Å². The van der Waals surface area contributed by atoms with E-state index < -0.39 is 27.6 Å². The molecule has 2 N–H and O–H groups in total. The number of hydrogen-bond donors (Lipinski definition) is 2. The molecule has 0 spiro atoms. The molecule has 1 amide bonds. The molecule has 0 bridgehead atoms. The van der Waals surface area contributed by atoms with Crippen molar-refractivity contribution in [3.05, 3.63) is 58.9 Å². The first kappa shape index (κ1) is 20.9. The van der Waals surface area contributed by atoms with E-state index in [1.807, 2.05) is 0 Å². The minimum absolute atomic E-state index is 0.0440. The average Bonchev–Trinajstić information content (AvgIpc) is 2.54. The molecule has 2 rings (SSSR count). The van der Waals surface area contributed by atoms with Gasteiger partial charge in [0.1, 0.15) is 6.17 Å². The molecule has 140 valence electrons. The number of pyridine rings is 1. The summed E-state index contributed by atoms with van der Waals surface area (Å²) in [4.78, 5) is 16.0. The number of carbonyl (C=O) groups excluding carboxylic acids is 1. The van der Waals surface area contributed by atoms with Crippen LogP contribution < -0.4 is 10.6 Å². The number of hydrogen-bond acceptors (Lipinski definition) is 3. The lowest BCUT2D eigenvalue weighted by atomic mass is 10.2. The van der Waals surface area contributed by atoms with Gasteiger partial charge in [-0.15, -0.1) is 0 Å². The van der Waals surface area contributed by atoms with Gasteiger partial charge in [0.15, 0.2) is 0 Å². The minimum Gasteiger partial charge on any atom is -0.361 e. The number of rotatable bonds is 4. The molecule has 1 aromatic heterocycles. The van der Waals surface area contributed by atoms with Crippen molar-refractivity contribution in [1.82, 2.24) is 10.3 Å². The molecule has 4 nitrogen and oxygen atoms in total. The molecular weight excluding hydrogens is 437 g/mol. The fourth-order valence-electron chi connectivity index (χ4n) is 1.88. The molecule has 1 aromatic carbocycles. The molecule has 0 radical (unpaired) electrons. The van der Waals surface area contributed by atoms with E-state index in [1.165, 1.54) is 18.5 Å². The molecule has 0 saturated carbocycles. The number of anilines is 1. The molecule has 0 aliphatic rings. The Morgan fingerprint density at radius 2 is 1.85 bits per heavy atom. The van der Waals surface area contributed by atoms with Gasteiger partial charge in [-0.3, -0.25) is 9.78 Å². The van der Waals surface area contributed by atoms with Crippen LogP contribution in [0.1, 0.15) is 15.9 Å². The van der Waals surface area contributed by atoms with Crippen molar-refractivity contribution in [1.29, 1.82) is 0 Å². The minimum atomic E-state index is -4.55. The molecule has 0 unspecified atom stereocenters. The molecular formula is C15H10Cl4F3N3O. The van der Waals surface area contributed by atoms with Gasteiger partial charge >= 0.3 is 6.18 Å². The van der Waals surface area contributed by atoms with Crippen LogP contribution in [0.5, 0.6) is 0 Å². The predicted molar refractivity (Wildman–Crippen MR) is 95.9 cm³/mol. The standard InChI is InChI=1S/C15H10Cl4F3N3O/c16-10-6-9(15(20,21)22)3-4-11(10)24-13(14(17,18)19)25-12(26)8-2-1-5-23-7-8/h1-7,13,24H,(H,25,26)/t13-/m0/s1. The number of alkyl halides is 6. The maximum Gasteiger partial charge on any atom is 0.416 e. The monoisotopic (exact) mass is 445 g/mol. The second kappa shape index (κ2) is 8.08. The van der Waals surface area contributed by atoms with E-state index in [1.54, 1.807) is 6.07 Å². The average molecular weight is 447 g/mol. The van der Waals surface area contributed by atoms with Crippen LogP contribution in [0.25, 0.3) is 0 Å². The Labute approximate surface area is 166 Å². The number of carbonyl (C=O) groups is 1. The van der Waals surface area contributed by atoms with Crippen LogP contribution in [0.15, 0.2) is 42.7 Å². The zero-order valence-corrected chi connectivity index (χ0v) is 15.6. The molecule has 0 aliphatic carbocycles. The zero-order chi connectivity index (χ0) is 19.5. The summed E-state index contributed by atoms with van der Waals surface area (Å²) in [6.45, 7) is 0. The van der Waals surface area contributed by atoms with Crippen LogP contribution in [-0.4, -0.2) is 20.8 Å². The van der Waals surface area contributed by atoms with E-state index >= 15 is 0 Å². The topological polar surface area (TPSA) is 54.0 Å². The number of halogens is 7. The fraction of sp³-hybridized carbons (Fsp3) is 0.200. The van der Waals surface area contributed by atoms with Crippen molar-refractivity contribution in [2.24, 2.45) is 0 Å². The molecule has 2 aromatic rings. The molecule has 26 heavy (non-hydrogen) atoms. The smallest absolute Gasteiger partial charge is 0.361 e. The van der Waals surface area contributed by atoms with Crippen LogP contribution in [-0.2, 0) is 6.18 Å². The number of benzene rings is 1. The Kier molecular flexibility index (Phi) is 6.50. The summed E-state index contributed by atoms with van der Waals surface area (Å²) in [7, 11) is 0. The summed E-state index contributed by atoms with van der Waals surface area (Å²) in [5.41, 5.74) is -0.688. The molecule has 0 aliphatic heterocycles. The molecule has 11 heteroatoms. The first-order chi connectivity index (χ1) is 12.0. The van der Waals surface area contributed by atoms with Crippen molar-refractivity contribution in [2.45, 2.75) is 16.1 Å². The maximum atomic E-state index is 12.7. The molecule has 1 atom stereocenters. The van der Waals surface area contributed by atoms with Crippen LogP contribution in [0.4, 0.5) is 18.9 Å². The van der Waals surface area contributed by atoms with Crippen molar-refractivity contribution in [3.63, 3.8) is 0 Å². The van der Waals surface area contributed by atoms with E-state index in [0.29, 0.717) is 0 Å².